The number of halogens is 2. The second kappa shape index (κ2) is 13.5. The van der Waals surface area contributed by atoms with Crippen LogP contribution in [0.5, 0.6) is 0 Å². The minimum Gasteiger partial charge on any atom is -0.322 e. The van der Waals surface area contributed by atoms with Gasteiger partial charge in [0.1, 0.15) is 0 Å². The average molecular weight is 505 g/mol. The molecule has 1 atom stereocenters. The first-order valence-electron chi connectivity index (χ1n) is 11.5. The molecule has 2 aliphatic heterocycles. The molecular weight excluding hydrogens is 475 g/mol. The Labute approximate surface area is 210 Å². The fourth-order valence-corrected chi connectivity index (χ4v) is 4.86. The third kappa shape index (κ3) is 8.12. The zero-order chi connectivity index (χ0) is 24.3. The van der Waals surface area contributed by atoms with Crippen LogP contribution in [0.3, 0.4) is 0 Å². The molecule has 34 heavy (non-hydrogen) atoms. The quantitative estimate of drug-likeness (QED) is 0.649. The van der Waals surface area contributed by atoms with Gasteiger partial charge in [0.25, 0.3) is 0 Å². The molecule has 2 heterocycles. The molecule has 2 aromatic carbocycles. The minimum absolute atomic E-state index is 0.0789. The molecule has 0 unspecified atom stereocenters. The van der Waals surface area contributed by atoms with Crippen LogP contribution in [0.1, 0.15) is 18.4 Å². The number of anilines is 1. The van der Waals surface area contributed by atoms with Crippen molar-refractivity contribution in [2.45, 2.75) is 19.4 Å². The van der Waals surface area contributed by atoms with E-state index in [0.717, 1.165) is 45.8 Å². The summed E-state index contributed by atoms with van der Waals surface area (Å²) in [5, 5.41) is 3.85. The summed E-state index contributed by atoms with van der Waals surface area (Å²) in [6.45, 7) is 7.84. The molecule has 0 aromatic heterocycles. The van der Waals surface area contributed by atoms with Crippen LogP contribution in [0.4, 0.5) is 10.5 Å². The lowest BCUT2D eigenvalue weighted by atomic mass is 9.96. The van der Waals surface area contributed by atoms with Gasteiger partial charge in [-0.15, -0.1) is 0 Å². The highest BCUT2D eigenvalue weighted by atomic mass is 35.5. The molecule has 0 spiro atoms. The van der Waals surface area contributed by atoms with E-state index < -0.39 is 0 Å². The Morgan fingerprint density at radius 2 is 1.65 bits per heavy atom. The molecule has 4 rings (SSSR count). The Bertz CT molecular complexity index is 962. The topological polar surface area (TPSA) is 73.0 Å². The van der Waals surface area contributed by atoms with Crippen molar-refractivity contribution in [2.75, 3.05) is 51.1 Å². The first-order chi connectivity index (χ1) is 16.5. The number of carbonyl (C=O) groups excluding carboxylic acids is 3. The molecule has 0 saturated carbocycles. The number of hydrogen-bond donors (Lipinski definition) is 1. The van der Waals surface area contributed by atoms with Crippen molar-refractivity contribution in [3.05, 3.63) is 64.1 Å². The van der Waals surface area contributed by atoms with Crippen LogP contribution >= 0.6 is 23.2 Å². The second-order valence-electron chi connectivity index (χ2n) is 8.66. The van der Waals surface area contributed by atoms with E-state index in [0.29, 0.717) is 21.7 Å². The van der Waals surface area contributed by atoms with Gasteiger partial charge >= 0.3 is 12.2 Å². The smallest absolute Gasteiger partial charge is 0.322 e. The van der Waals surface area contributed by atoms with E-state index >= 15 is 0 Å². The van der Waals surface area contributed by atoms with Crippen molar-refractivity contribution in [1.82, 2.24) is 14.7 Å². The van der Waals surface area contributed by atoms with Gasteiger partial charge in [-0.3, -0.25) is 9.80 Å². The number of piperazine rings is 1. The van der Waals surface area contributed by atoms with Crippen molar-refractivity contribution in [1.29, 1.82) is 0 Å². The predicted octanol–water partition coefficient (Wildman–Crippen LogP) is 4.47. The predicted molar refractivity (Wildman–Crippen MR) is 133 cm³/mol. The van der Waals surface area contributed by atoms with E-state index in [1.165, 1.54) is 24.9 Å². The van der Waals surface area contributed by atoms with Crippen molar-refractivity contribution in [2.24, 2.45) is 5.92 Å². The third-order valence-electron chi connectivity index (χ3n) is 6.20. The van der Waals surface area contributed by atoms with Gasteiger partial charge in [-0.1, -0.05) is 53.5 Å². The largest absolute Gasteiger partial charge is 0.373 e. The van der Waals surface area contributed by atoms with Crippen molar-refractivity contribution in [3.8, 4) is 0 Å². The standard InChI is InChI=1S/C24H30Cl2N4O.CO2/c25-22-9-8-21(15-23(22)26)27-24(31)30-13-11-28(12-14-30)17-20-7-4-10-29(18-20)16-19-5-2-1-3-6-19;2-1-3/h1-3,5-6,8-9,15,20H,4,7,10-14,16-18H2,(H,27,31);/t20-;/m0./s1. The zero-order valence-corrected chi connectivity index (χ0v) is 20.6. The van der Waals surface area contributed by atoms with Crippen LogP contribution in [0.15, 0.2) is 48.5 Å². The first kappa shape index (κ1) is 26.2. The van der Waals surface area contributed by atoms with E-state index in [-0.39, 0.29) is 12.2 Å². The van der Waals surface area contributed by atoms with Crippen LogP contribution in [0.25, 0.3) is 0 Å². The molecule has 182 valence electrons. The molecule has 2 fully saturated rings. The minimum atomic E-state index is -0.0789. The Morgan fingerprint density at radius 1 is 0.941 bits per heavy atom. The Morgan fingerprint density at radius 3 is 2.32 bits per heavy atom. The van der Waals surface area contributed by atoms with Gasteiger partial charge in [0, 0.05) is 51.5 Å². The van der Waals surface area contributed by atoms with Crippen LogP contribution in [-0.2, 0) is 16.1 Å². The van der Waals surface area contributed by atoms with E-state index in [2.05, 4.69) is 45.4 Å². The number of rotatable bonds is 5. The number of likely N-dealkylation sites (tertiary alicyclic amines) is 1. The number of carbonyl (C=O) groups is 1. The summed E-state index contributed by atoms with van der Waals surface area (Å²) >= 11 is 12.0. The van der Waals surface area contributed by atoms with E-state index in [4.69, 9.17) is 32.8 Å². The second-order valence-corrected chi connectivity index (χ2v) is 9.47. The van der Waals surface area contributed by atoms with Crippen LogP contribution in [0, 0.1) is 5.92 Å². The Balaban J connectivity index is 0.00000103. The van der Waals surface area contributed by atoms with Gasteiger partial charge in [-0.05, 0) is 49.1 Å². The lowest BCUT2D eigenvalue weighted by Crippen LogP contribution is -2.52. The molecule has 2 aliphatic rings. The number of nitrogens with zero attached hydrogens (tertiary/aromatic N) is 3. The van der Waals surface area contributed by atoms with Gasteiger partial charge in [-0.25, -0.2) is 4.79 Å². The van der Waals surface area contributed by atoms with Crippen molar-refractivity contribution in [3.63, 3.8) is 0 Å². The molecule has 2 saturated heterocycles. The number of benzene rings is 2. The lowest BCUT2D eigenvalue weighted by Gasteiger charge is -2.39. The fraction of sp³-hybridized carbons (Fsp3) is 0.440. The monoisotopic (exact) mass is 504 g/mol. The number of hydrogen-bond acceptors (Lipinski definition) is 5. The fourth-order valence-electron chi connectivity index (χ4n) is 4.56. The van der Waals surface area contributed by atoms with Gasteiger partial charge in [0.15, 0.2) is 0 Å². The summed E-state index contributed by atoms with van der Waals surface area (Å²) in [5.41, 5.74) is 2.06. The van der Waals surface area contributed by atoms with Gasteiger partial charge in [0.05, 0.1) is 10.0 Å². The van der Waals surface area contributed by atoms with Crippen LogP contribution in [-0.4, -0.2) is 72.7 Å². The average Bonchev–Trinajstić information content (AvgIpc) is 2.83. The normalized spacial score (nSPS) is 19.0. The maximum Gasteiger partial charge on any atom is 0.373 e. The molecule has 1 N–H and O–H groups in total. The molecular formula is C25H30Cl2N4O3. The zero-order valence-electron chi connectivity index (χ0n) is 19.1. The van der Waals surface area contributed by atoms with Gasteiger partial charge in [-0.2, -0.15) is 9.59 Å². The summed E-state index contributed by atoms with van der Waals surface area (Å²) < 4.78 is 0. The van der Waals surface area contributed by atoms with Gasteiger partial charge in [0.2, 0.25) is 0 Å². The lowest BCUT2D eigenvalue weighted by molar-refractivity contribution is -0.191. The highest BCUT2D eigenvalue weighted by Gasteiger charge is 2.26. The highest BCUT2D eigenvalue weighted by Crippen LogP contribution is 2.25. The number of amides is 2. The molecule has 2 aromatic rings. The summed E-state index contributed by atoms with van der Waals surface area (Å²) in [5.74, 6) is 0.703. The van der Waals surface area contributed by atoms with E-state index in [1.807, 2.05) is 4.90 Å². The van der Waals surface area contributed by atoms with Crippen LogP contribution < -0.4 is 5.32 Å². The molecule has 0 bridgehead atoms. The van der Waals surface area contributed by atoms with E-state index in [9.17, 15) is 4.79 Å². The number of nitrogens with one attached hydrogen (secondary N) is 1. The first-order valence-corrected chi connectivity index (χ1v) is 12.2. The number of urea groups is 1. The Kier molecular flexibility index (Phi) is 10.4. The molecule has 2 amide bonds. The maximum atomic E-state index is 12.6. The van der Waals surface area contributed by atoms with Crippen molar-refractivity contribution < 1.29 is 14.4 Å². The molecule has 0 aliphatic carbocycles. The highest BCUT2D eigenvalue weighted by molar-refractivity contribution is 6.42. The van der Waals surface area contributed by atoms with Gasteiger partial charge < -0.3 is 10.2 Å². The van der Waals surface area contributed by atoms with Crippen LogP contribution in [0.2, 0.25) is 10.0 Å². The molecule has 9 heteroatoms. The molecule has 0 radical (unpaired) electrons. The van der Waals surface area contributed by atoms with Crippen molar-refractivity contribution >= 4 is 41.1 Å². The summed E-state index contributed by atoms with van der Waals surface area (Å²) in [6, 6.07) is 15.8. The third-order valence-corrected chi connectivity index (χ3v) is 6.94. The molecule has 7 nitrogen and oxygen atoms in total. The summed E-state index contributed by atoms with van der Waals surface area (Å²) in [4.78, 5) is 35.8. The Hall–Kier alpha value is -2.41. The number of piperidine rings is 1. The van der Waals surface area contributed by atoms with E-state index in [1.54, 1.807) is 18.2 Å². The SMILES string of the molecule is O=C(Nc1ccc(Cl)c(Cl)c1)N1CCN(C[C@@H]2CCCN(Cc3ccccc3)C2)CC1.O=C=O. The maximum absolute atomic E-state index is 12.6. The summed E-state index contributed by atoms with van der Waals surface area (Å²) in [7, 11) is 0. The summed E-state index contributed by atoms with van der Waals surface area (Å²) in [6.07, 6.45) is 2.81.